The van der Waals surface area contributed by atoms with Crippen LogP contribution in [0.15, 0.2) is 0 Å². The monoisotopic (exact) mass is 534 g/mol. The van der Waals surface area contributed by atoms with Gasteiger partial charge in [0.2, 0.25) is 0 Å². The van der Waals surface area contributed by atoms with E-state index in [1.54, 1.807) is 0 Å². The molecule has 21 heteroatoms. The Kier molecular flexibility index (Phi) is 13.7. The molecule has 0 aliphatic heterocycles. The van der Waals surface area contributed by atoms with Gasteiger partial charge in [-0.25, -0.2) is 0 Å². The van der Waals surface area contributed by atoms with Gasteiger partial charge in [-0.15, -0.1) is 3.63 Å². The number of halogens is 9. The van der Waals surface area contributed by atoms with E-state index in [0.717, 1.165) is 6.42 Å². The van der Waals surface area contributed by atoms with Crippen LogP contribution in [0.5, 0.6) is 0 Å². The number of hydrogen-bond donors (Lipinski definition) is 1. The maximum absolute atomic E-state index is 11.4. The zero-order valence-electron chi connectivity index (χ0n) is 14.7. The van der Waals surface area contributed by atoms with E-state index in [-0.39, 0.29) is 6.42 Å². The van der Waals surface area contributed by atoms with E-state index in [2.05, 4.69) is 4.18 Å². The minimum atomic E-state index is -6.85. The molecular formula is C9H15F9O9S3. The summed E-state index contributed by atoms with van der Waals surface area (Å²) in [5.41, 5.74) is -17.8. The SMILES string of the molecule is CCCO.CCCOS(=O)(=O)C(F)(F)F.O=S(=O)(OS(=O)(=O)C(F)(F)F)C(F)(F)F. The summed E-state index contributed by atoms with van der Waals surface area (Å²) < 4.78 is 168. The zero-order chi connectivity index (χ0) is 25.2. The highest BCUT2D eigenvalue weighted by atomic mass is 32.3. The van der Waals surface area contributed by atoms with Gasteiger partial charge in [0.25, 0.3) is 0 Å². The second kappa shape index (κ2) is 12.2. The number of alkyl halides is 9. The summed E-state index contributed by atoms with van der Waals surface area (Å²) in [4.78, 5) is 0. The van der Waals surface area contributed by atoms with Crippen molar-refractivity contribution in [2.45, 2.75) is 43.2 Å². The largest absolute Gasteiger partial charge is 0.524 e. The lowest BCUT2D eigenvalue weighted by Gasteiger charge is -2.09. The van der Waals surface area contributed by atoms with Crippen molar-refractivity contribution in [2.75, 3.05) is 13.2 Å². The molecule has 0 amide bonds. The van der Waals surface area contributed by atoms with E-state index in [1.807, 2.05) is 10.6 Å². The molecular weight excluding hydrogens is 519 g/mol. The predicted octanol–water partition coefficient (Wildman–Crippen LogP) is 2.35. The number of hydrogen-bond acceptors (Lipinski definition) is 9. The zero-order valence-corrected chi connectivity index (χ0v) is 17.1. The topological polar surface area (TPSA) is 141 Å². The van der Waals surface area contributed by atoms with Crippen LogP contribution in [0.1, 0.15) is 26.7 Å². The molecule has 0 aromatic carbocycles. The molecule has 0 saturated carbocycles. The van der Waals surface area contributed by atoms with E-state index < -0.39 is 53.5 Å². The molecule has 0 atom stereocenters. The van der Waals surface area contributed by atoms with Gasteiger partial charge in [-0.3, -0.25) is 4.18 Å². The number of aliphatic hydroxyl groups excluding tert-OH is 1. The van der Waals surface area contributed by atoms with Crippen LogP contribution in [0.3, 0.4) is 0 Å². The first kappa shape index (κ1) is 33.7. The summed E-state index contributed by atoms with van der Waals surface area (Å²) in [6, 6.07) is 0. The fraction of sp³-hybridized carbons (Fsp3) is 1.00. The van der Waals surface area contributed by atoms with Gasteiger partial charge < -0.3 is 5.11 Å². The molecule has 0 heterocycles. The van der Waals surface area contributed by atoms with E-state index >= 15 is 0 Å². The average molecular weight is 534 g/mol. The highest BCUT2D eigenvalue weighted by molar-refractivity contribution is 8.00. The van der Waals surface area contributed by atoms with Crippen LogP contribution in [0.25, 0.3) is 0 Å². The summed E-state index contributed by atoms with van der Waals surface area (Å²) in [6.45, 7) is 3.31. The van der Waals surface area contributed by atoms with E-state index in [0.29, 0.717) is 6.61 Å². The molecule has 0 bridgehead atoms. The van der Waals surface area contributed by atoms with Crippen LogP contribution >= 0.6 is 0 Å². The highest BCUT2D eigenvalue weighted by Crippen LogP contribution is 2.32. The Balaban J connectivity index is -0.000000425. The predicted molar refractivity (Wildman–Crippen MR) is 79.6 cm³/mol. The minimum absolute atomic E-state index is 0.218. The third kappa shape index (κ3) is 12.7. The molecule has 9 nitrogen and oxygen atoms in total. The number of aliphatic hydroxyl groups is 1. The lowest BCUT2D eigenvalue weighted by atomic mass is 10.5. The van der Waals surface area contributed by atoms with Gasteiger partial charge in [-0.1, -0.05) is 13.8 Å². The third-order valence-corrected chi connectivity index (χ3v) is 5.31. The molecule has 0 aliphatic carbocycles. The van der Waals surface area contributed by atoms with Gasteiger partial charge >= 0.3 is 46.9 Å². The molecule has 1 N–H and O–H groups in total. The maximum atomic E-state index is 11.4. The van der Waals surface area contributed by atoms with Crippen LogP contribution in [0.4, 0.5) is 39.5 Å². The quantitative estimate of drug-likeness (QED) is 0.309. The van der Waals surface area contributed by atoms with Crippen LogP contribution in [0, 0.1) is 0 Å². The highest BCUT2D eigenvalue weighted by Gasteiger charge is 2.57. The Hall–Kier alpha value is -0.900. The summed E-state index contributed by atoms with van der Waals surface area (Å²) in [5, 5.41) is 7.88. The van der Waals surface area contributed by atoms with E-state index in [4.69, 9.17) is 5.11 Å². The van der Waals surface area contributed by atoms with Crippen molar-refractivity contribution in [1.82, 2.24) is 0 Å². The van der Waals surface area contributed by atoms with Crippen LogP contribution < -0.4 is 0 Å². The fourth-order valence-corrected chi connectivity index (χ4v) is 2.54. The lowest BCUT2D eigenvalue weighted by molar-refractivity contribution is -0.0586. The summed E-state index contributed by atoms with van der Waals surface area (Å²) in [6.07, 6.45) is 1.09. The molecule has 0 radical (unpaired) electrons. The molecule has 0 saturated heterocycles. The molecule has 30 heavy (non-hydrogen) atoms. The van der Waals surface area contributed by atoms with Gasteiger partial charge in [0.1, 0.15) is 0 Å². The Morgan fingerprint density at radius 3 is 1.07 bits per heavy atom. The van der Waals surface area contributed by atoms with Crippen LogP contribution in [0.2, 0.25) is 0 Å². The summed E-state index contributed by atoms with van der Waals surface area (Å²) in [7, 11) is -19.1. The Morgan fingerprint density at radius 2 is 0.900 bits per heavy atom. The van der Waals surface area contributed by atoms with Crippen molar-refractivity contribution in [3.63, 3.8) is 0 Å². The average Bonchev–Trinajstić information content (AvgIpc) is 2.49. The summed E-state index contributed by atoms with van der Waals surface area (Å²) >= 11 is 0. The van der Waals surface area contributed by atoms with E-state index in [9.17, 15) is 64.8 Å². The van der Waals surface area contributed by atoms with Crippen molar-refractivity contribution < 1.29 is 77.7 Å². The van der Waals surface area contributed by atoms with Gasteiger partial charge in [0.05, 0.1) is 6.61 Å². The second-order valence-electron chi connectivity index (χ2n) is 4.31. The molecule has 0 aromatic rings. The second-order valence-corrected chi connectivity index (χ2v) is 9.21. The molecule has 0 unspecified atom stereocenters. The Bertz CT molecular complexity index is 749. The van der Waals surface area contributed by atoms with Crippen molar-refractivity contribution in [3.8, 4) is 0 Å². The first-order chi connectivity index (χ1) is 12.9. The van der Waals surface area contributed by atoms with Crippen molar-refractivity contribution >= 4 is 30.4 Å². The van der Waals surface area contributed by atoms with Gasteiger partial charge in [0, 0.05) is 6.61 Å². The van der Waals surface area contributed by atoms with Gasteiger partial charge in [0.15, 0.2) is 0 Å². The third-order valence-electron chi connectivity index (χ3n) is 1.70. The van der Waals surface area contributed by atoms with Crippen molar-refractivity contribution in [2.24, 2.45) is 0 Å². The van der Waals surface area contributed by atoms with Crippen LogP contribution in [-0.2, 0) is 38.2 Å². The molecule has 0 rings (SSSR count). The van der Waals surface area contributed by atoms with Crippen molar-refractivity contribution in [3.05, 3.63) is 0 Å². The van der Waals surface area contributed by atoms with E-state index in [1.165, 1.54) is 6.92 Å². The van der Waals surface area contributed by atoms with Crippen molar-refractivity contribution in [1.29, 1.82) is 0 Å². The molecule has 0 aromatic heterocycles. The summed E-state index contributed by atoms with van der Waals surface area (Å²) in [5.74, 6) is 0. The number of rotatable bonds is 6. The Labute approximate surface area is 165 Å². The van der Waals surface area contributed by atoms with Gasteiger partial charge in [-0.2, -0.15) is 64.8 Å². The van der Waals surface area contributed by atoms with Crippen LogP contribution in [-0.4, -0.2) is 60.1 Å². The molecule has 186 valence electrons. The molecule has 0 aliphatic rings. The molecule has 0 spiro atoms. The Morgan fingerprint density at radius 1 is 0.633 bits per heavy atom. The standard InChI is InChI=1S/C4H7F3O3S.C3H8O.C2F6O5S2/c1-2-3-10-11(8,9)4(5,6)7;1-2-3-4;3-1(4,5)14(9,10)13-15(11,12)2(6,7)8/h2-3H2,1H3;4H,2-3H2,1H3;. The normalized spacial score (nSPS) is 13.6. The van der Waals surface area contributed by atoms with Gasteiger partial charge in [-0.05, 0) is 12.8 Å². The lowest BCUT2D eigenvalue weighted by Crippen LogP contribution is -2.34. The maximum Gasteiger partial charge on any atom is 0.524 e. The molecule has 0 fully saturated rings. The first-order valence-electron chi connectivity index (χ1n) is 6.83. The first-order valence-corrected chi connectivity index (χ1v) is 11.1. The minimum Gasteiger partial charge on any atom is -0.396 e. The smallest absolute Gasteiger partial charge is 0.396 e. The fourth-order valence-electron chi connectivity index (χ4n) is 0.455.